The zero-order valence-corrected chi connectivity index (χ0v) is 10.2. The lowest BCUT2D eigenvalue weighted by atomic mass is 10.2. The maximum absolute atomic E-state index is 6.28. The van der Waals surface area contributed by atoms with Crippen LogP contribution in [0.2, 0.25) is 5.15 Å². The van der Waals surface area contributed by atoms with Crippen molar-refractivity contribution in [1.82, 2.24) is 9.78 Å². The van der Waals surface area contributed by atoms with Gasteiger partial charge in [-0.2, -0.15) is 5.10 Å². The molecular formula is C11H19ClN2. The van der Waals surface area contributed by atoms with Gasteiger partial charge in [-0.25, -0.2) is 0 Å². The number of hydrogen-bond donors (Lipinski definition) is 0. The molecule has 0 saturated heterocycles. The van der Waals surface area contributed by atoms with Crippen molar-refractivity contribution < 1.29 is 0 Å². The van der Waals surface area contributed by atoms with E-state index in [0.717, 1.165) is 30.1 Å². The summed E-state index contributed by atoms with van der Waals surface area (Å²) in [5.41, 5.74) is 2.27. The van der Waals surface area contributed by atoms with Crippen molar-refractivity contribution in [2.45, 2.75) is 53.0 Å². The number of halogens is 1. The molecule has 14 heavy (non-hydrogen) atoms. The second-order valence-corrected chi connectivity index (χ2v) is 3.98. The average Bonchev–Trinajstić information content (AvgIpc) is 2.45. The van der Waals surface area contributed by atoms with Gasteiger partial charge in [0, 0.05) is 5.56 Å². The lowest BCUT2D eigenvalue weighted by Gasteiger charge is -2.14. The molecule has 0 atom stereocenters. The van der Waals surface area contributed by atoms with E-state index in [1.165, 1.54) is 5.56 Å². The predicted molar refractivity (Wildman–Crippen MR) is 61.0 cm³/mol. The Morgan fingerprint density at radius 2 is 1.86 bits per heavy atom. The summed E-state index contributed by atoms with van der Waals surface area (Å²) in [5, 5.41) is 5.34. The fourth-order valence-corrected chi connectivity index (χ4v) is 2.28. The van der Waals surface area contributed by atoms with Crippen molar-refractivity contribution in [3.8, 4) is 0 Å². The van der Waals surface area contributed by atoms with Gasteiger partial charge in [0.1, 0.15) is 5.15 Å². The predicted octanol–water partition coefficient (Wildman–Crippen LogP) is 3.77. The maximum atomic E-state index is 6.28. The topological polar surface area (TPSA) is 17.8 Å². The van der Waals surface area contributed by atoms with Crippen molar-refractivity contribution in [3.63, 3.8) is 0 Å². The monoisotopic (exact) mass is 214 g/mol. The average molecular weight is 215 g/mol. The smallest absolute Gasteiger partial charge is 0.130 e. The first kappa shape index (κ1) is 11.6. The molecule has 0 aliphatic rings. The van der Waals surface area contributed by atoms with E-state index in [0.29, 0.717) is 6.04 Å². The van der Waals surface area contributed by atoms with E-state index in [1.807, 2.05) is 11.6 Å². The molecule has 0 aromatic carbocycles. The lowest BCUT2D eigenvalue weighted by Crippen LogP contribution is -2.08. The van der Waals surface area contributed by atoms with Gasteiger partial charge >= 0.3 is 0 Å². The molecule has 0 bridgehead atoms. The number of nitrogens with zero attached hydrogens (tertiary/aromatic N) is 2. The van der Waals surface area contributed by atoms with Gasteiger partial charge in [0.25, 0.3) is 0 Å². The second-order valence-electron chi connectivity index (χ2n) is 3.62. The van der Waals surface area contributed by atoms with Gasteiger partial charge in [-0.15, -0.1) is 0 Å². The molecule has 1 aromatic heterocycles. The molecule has 0 N–H and O–H groups in total. The van der Waals surface area contributed by atoms with Crippen LogP contribution < -0.4 is 0 Å². The van der Waals surface area contributed by atoms with Gasteiger partial charge in [0.2, 0.25) is 0 Å². The van der Waals surface area contributed by atoms with E-state index < -0.39 is 0 Å². The molecule has 2 nitrogen and oxygen atoms in total. The van der Waals surface area contributed by atoms with Crippen molar-refractivity contribution in [1.29, 1.82) is 0 Å². The molecule has 0 unspecified atom stereocenters. The summed E-state index contributed by atoms with van der Waals surface area (Å²) in [6.45, 7) is 8.50. The number of rotatable bonds is 4. The zero-order chi connectivity index (χ0) is 10.7. The molecule has 0 spiro atoms. The first-order valence-electron chi connectivity index (χ1n) is 5.39. The van der Waals surface area contributed by atoms with Crippen molar-refractivity contribution >= 4 is 11.6 Å². The highest BCUT2D eigenvalue weighted by molar-refractivity contribution is 6.30. The fourth-order valence-electron chi connectivity index (χ4n) is 1.83. The second kappa shape index (κ2) is 4.83. The third-order valence-electron chi connectivity index (χ3n) is 2.79. The highest BCUT2D eigenvalue weighted by atomic mass is 35.5. The Kier molecular flexibility index (Phi) is 3.99. The molecule has 1 aromatic rings. The number of hydrogen-bond acceptors (Lipinski definition) is 1. The van der Waals surface area contributed by atoms with E-state index in [4.69, 9.17) is 11.6 Å². The standard InChI is InChI=1S/C11H19ClN2/c1-5-9(6-2)14-11(12)10(7-3)8(4)13-14/h9H,5-7H2,1-4H3. The van der Waals surface area contributed by atoms with E-state index in [-0.39, 0.29) is 0 Å². The molecule has 0 aliphatic carbocycles. The van der Waals surface area contributed by atoms with Crippen LogP contribution in [-0.2, 0) is 6.42 Å². The molecule has 0 aliphatic heterocycles. The molecule has 0 fully saturated rings. The molecule has 3 heteroatoms. The summed E-state index contributed by atoms with van der Waals surface area (Å²) < 4.78 is 1.98. The SMILES string of the molecule is CCc1c(C)nn(C(CC)CC)c1Cl. The first-order valence-corrected chi connectivity index (χ1v) is 5.76. The van der Waals surface area contributed by atoms with Crippen molar-refractivity contribution in [3.05, 3.63) is 16.4 Å². The van der Waals surface area contributed by atoms with Crippen molar-refractivity contribution in [2.24, 2.45) is 0 Å². The minimum Gasteiger partial charge on any atom is -0.250 e. The molecule has 80 valence electrons. The first-order chi connectivity index (χ1) is 6.65. The largest absolute Gasteiger partial charge is 0.250 e. The molecule has 1 rings (SSSR count). The van der Waals surface area contributed by atoms with Gasteiger partial charge in [0.05, 0.1) is 11.7 Å². The van der Waals surface area contributed by atoms with Crippen LogP contribution in [0.15, 0.2) is 0 Å². The summed E-state index contributed by atoms with van der Waals surface area (Å²) in [7, 11) is 0. The Balaban J connectivity index is 3.09. The van der Waals surface area contributed by atoms with Crippen LogP contribution in [0.3, 0.4) is 0 Å². The quantitative estimate of drug-likeness (QED) is 0.746. The van der Waals surface area contributed by atoms with E-state index in [9.17, 15) is 0 Å². The Labute approximate surface area is 91.3 Å². The highest BCUT2D eigenvalue weighted by Gasteiger charge is 2.16. The van der Waals surface area contributed by atoms with E-state index in [2.05, 4.69) is 25.9 Å². The zero-order valence-electron chi connectivity index (χ0n) is 9.47. The van der Waals surface area contributed by atoms with Crippen LogP contribution in [0.5, 0.6) is 0 Å². The number of aryl methyl sites for hydroxylation is 1. The van der Waals surface area contributed by atoms with Crippen LogP contribution >= 0.6 is 11.6 Å². The van der Waals surface area contributed by atoms with Gasteiger partial charge in [-0.3, -0.25) is 4.68 Å². The van der Waals surface area contributed by atoms with Gasteiger partial charge in [-0.05, 0) is 26.2 Å². The Morgan fingerprint density at radius 1 is 1.29 bits per heavy atom. The summed E-state index contributed by atoms with van der Waals surface area (Å²) in [6, 6.07) is 0.446. The minimum atomic E-state index is 0.446. The summed E-state index contributed by atoms with van der Waals surface area (Å²) in [4.78, 5) is 0. The summed E-state index contributed by atoms with van der Waals surface area (Å²) in [5.74, 6) is 0. The Morgan fingerprint density at radius 3 is 2.21 bits per heavy atom. The summed E-state index contributed by atoms with van der Waals surface area (Å²) >= 11 is 6.28. The number of aromatic nitrogens is 2. The summed E-state index contributed by atoms with van der Waals surface area (Å²) in [6.07, 6.45) is 3.13. The minimum absolute atomic E-state index is 0.446. The molecular weight excluding hydrogens is 196 g/mol. The van der Waals surface area contributed by atoms with Gasteiger partial charge < -0.3 is 0 Å². The highest BCUT2D eigenvalue weighted by Crippen LogP contribution is 2.26. The molecule has 0 saturated carbocycles. The van der Waals surface area contributed by atoms with Crippen LogP contribution in [0.4, 0.5) is 0 Å². The Bertz CT molecular complexity index is 300. The third-order valence-corrected chi connectivity index (χ3v) is 3.19. The van der Waals surface area contributed by atoms with Crippen LogP contribution in [0.1, 0.15) is 50.9 Å². The van der Waals surface area contributed by atoms with E-state index in [1.54, 1.807) is 0 Å². The lowest BCUT2D eigenvalue weighted by molar-refractivity contribution is 0.427. The van der Waals surface area contributed by atoms with Crippen LogP contribution in [0.25, 0.3) is 0 Å². The third kappa shape index (κ3) is 1.95. The normalized spacial score (nSPS) is 11.3. The molecule has 0 amide bonds. The maximum Gasteiger partial charge on any atom is 0.130 e. The van der Waals surface area contributed by atoms with Gasteiger partial charge in [-0.1, -0.05) is 32.4 Å². The Hall–Kier alpha value is -0.500. The molecule has 1 heterocycles. The fraction of sp³-hybridized carbons (Fsp3) is 0.727. The van der Waals surface area contributed by atoms with Crippen LogP contribution in [0, 0.1) is 6.92 Å². The molecule has 0 radical (unpaired) electrons. The van der Waals surface area contributed by atoms with Crippen molar-refractivity contribution in [2.75, 3.05) is 0 Å². The van der Waals surface area contributed by atoms with Gasteiger partial charge in [0.15, 0.2) is 0 Å². The van der Waals surface area contributed by atoms with Crippen LogP contribution in [-0.4, -0.2) is 9.78 Å². The van der Waals surface area contributed by atoms with E-state index >= 15 is 0 Å².